The van der Waals surface area contributed by atoms with Crippen molar-refractivity contribution in [2.45, 2.75) is 94.6 Å². The maximum atomic E-state index is 13.2. The van der Waals surface area contributed by atoms with Crippen LogP contribution >= 0.6 is 50.7 Å². The number of aromatic nitrogens is 10. The number of hydrogen-bond acceptors (Lipinski definition) is 18. The molecule has 27 nitrogen and oxygen atoms in total. The lowest BCUT2D eigenvalue weighted by Gasteiger charge is -2.38. The molecule has 12 aliphatic rings. The first-order valence-electron chi connectivity index (χ1n) is 38.0. The van der Waals surface area contributed by atoms with Crippen molar-refractivity contribution in [3.8, 4) is 0 Å². The van der Waals surface area contributed by atoms with Crippen LogP contribution in [-0.2, 0) is 30.6 Å². The topological polar surface area (TPSA) is 312 Å². The highest BCUT2D eigenvalue weighted by Gasteiger charge is 2.41. The van der Waals surface area contributed by atoms with Gasteiger partial charge in [-0.05, 0) is 143 Å². The summed E-state index contributed by atoms with van der Waals surface area (Å²) in [6.45, 7) is 12.0. The van der Waals surface area contributed by atoms with Gasteiger partial charge in [-0.15, -0.1) is 0 Å². The first kappa shape index (κ1) is 77.1. The van der Waals surface area contributed by atoms with E-state index in [0.717, 1.165) is 217 Å². The van der Waals surface area contributed by atoms with Gasteiger partial charge in [-0.3, -0.25) is 49.6 Å². The highest BCUT2D eigenvalue weighted by Crippen LogP contribution is 2.42. The van der Waals surface area contributed by atoms with Gasteiger partial charge in [0.15, 0.2) is 0 Å². The Balaban J connectivity index is 0.000000107. The number of anilines is 6. The van der Waals surface area contributed by atoms with Gasteiger partial charge in [0.25, 0.3) is 0 Å². The van der Waals surface area contributed by atoms with Crippen molar-refractivity contribution in [1.29, 1.82) is 0 Å². The third-order valence-electron chi connectivity index (χ3n) is 23.1. The van der Waals surface area contributed by atoms with Crippen molar-refractivity contribution >= 4 is 179 Å². The molecule has 0 aliphatic carbocycles. The van der Waals surface area contributed by atoms with Crippen molar-refractivity contribution in [2.75, 3.05) is 121 Å². The molecule has 7 atom stereocenters. The highest BCUT2D eigenvalue weighted by molar-refractivity contribution is 9.10. The molecule has 11 saturated heterocycles. The zero-order valence-corrected chi connectivity index (χ0v) is 66.8. The Morgan fingerprint density at radius 1 is 0.487 bits per heavy atom. The molecule has 11 fully saturated rings. The standard InChI is InChI=1S/C19H21ClN4O2S.C15H17ClN6.C15H17ClN4O.C15H15F3N4O.C14H15BrN4O/c1-27(25,26)23-16-4-2-13(3-5-16)14-6-8-24(9-7-14)19-11-15(20)10-18-17(19)12-21-22-18;1-10-15(18-9-17-10)22-4-2-21(3-5-22)14-7-11(16)6-13-12(14)8-19-20-13;1-19-11-3-2-9(15(19)21)7-20(8-11)14-5-10(16)4-13-12(14)6-17-18-13;16-15(17,18)9-3-12-11(5-19-21-12)13(4-9)22-6-8-1-2-10(7-22)20-14(8)23;15-9-3-12-11(5-16-18-12)13(4-9)19-6-8-1-2-10(7-19)17-14(8)20/h2-5,10-12,14,23H,6-9H2,1H3,(H,21,22);6-10H,2-5H2,1H3,(H,19,20);4-6,9,11H,2-3,7-8H2,1H3,(H,17,18);3-5,8,10H,1-2,6-7H2,(H,19,21)(H,20,23);3-5,8,10H,1-2,6-7H2,(H,16,18)(H,17,20)/t;;9-,11+;2*8-,10+/m..111/s1. The molecule has 35 heteroatoms. The summed E-state index contributed by atoms with van der Waals surface area (Å²) in [5.74, 6) is 2.06. The van der Waals surface area contributed by atoms with E-state index in [-0.39, 0.29) is 59.6 Å². The molecule has 1 unspecified atom stereocenters. The Hall–Kier alpha value is -9.89. The lowest BCUT2D eigenvalue weighted by molar-refractivity contribution is -0.138. The van der Waals surface area contributed by atoms with E-state index in [9.17, 15) is 36.0 Å². The molecule has 6 aromatic carbocycles. The third-order valence-corrected chi connectivity index (χ3v) is 24.8. The molecule has 17 heterocycles. The lowest BCUT2D eigenvalue weighted by Crippen LogP contribution is -2.50. The Bertz CT molecular complexity index is 5550. The second-order valence-electron chi connectivity index (χ2n) is 30.6. The summed E-state index contributed by atoms with van der Waals surface area (Å²) in [4.78, 5) is 60.4. The minimum absolute atomic E-state index is 0.000775. The number of likely N-dealkylation sites (N-methyl/N-ethyl adjacent to an activating group) is 1. The summed E-state index contributed by atoms with van der Waals surface area (Å²) in [6.07, 6.45) is 15.2. The highest BCUT2D eigenvalue weighted by atomic mass is 79.9. The van der Waals surface area contributed by atoms with Gasteiger partial charge < -0.3 is 44.9 Å². The lowest BCUT2D eigenvalue weighted by atomic mass is 9.89. The Morgan fingerprint density at radius 2 is 0.912 bits per heavy atom. The van der Waals surface area contributed by atoms with E-state index in [1.54, 1.807) is 6.34 Å². The molecule has 3 amide bonds. The fourth-order valence-corrected chi connectivity index (χ4v) is 19.0. The van der Waals surface area contributed by atoms with E-state index < -0.39 is 21.8 Å². The maximum absolute atomic E-state index is 13.2. The number of carbonyl (C=O) groups is 3. The van der Waals surface area contributed by atoms with Crippen molar-refractivity contribution in [3.63, 3.8) is 0 Å². The normalized spacial score (nSPS) is 22.5. The minimum atomic E-state index is -4.42. The molecule has 8 N–H and O–H groups in total. The SMILES string of the molecule is CC1N=CN=C1N1CCN(c2cc(Cl)cc3[nH]ncc23)CC1.CN1C(=O)[C@@H]2CC[C@H]1CN(c1cc(Cl)cc3[nH]ncc13)C2.CS(=O)(=O)Nc1ccc(C2CCN(c3cc(Cl)cc4[nH]ncc34)CC2)cc1.O=C1N[C@H]2CC[C@@H]1CN(c1cc(Br)cc3[nH]ncc13)C2.O=C1N[C@H]2CC[C@@H]1CN(c1cc(C(F)(F)F)cc3[nH]ncc13)C2. The largest absolute Gasteiger partial charge is 0.416 e. The molecule has 0 radical (unpaired) electrons. The Kier molecular flexibility index (Phi) is 21.9. The molecule has 0 saturated carbocycles. The molecule has 113 heavy (non-hydrogen) atoms. The smallest absolute Gasteiger partial charge is 0.371 e. The van der Waals surface area contributed by atoms with Gasteiger partial charge in [-0.25, -0.2) is 13.4 Å². The summed E-state index contributed by atoms with van der Waals surface area (Å²) in [6, 6.07) is 26.5. The van der Waals surface area contributed by atoms with Gasteiger partial charge in [-0.2, -0.15) is 38.7 Å². The molecule has 5 aromatic heterocycles. The van der Waals surface area contributed by atoms with Crippen LogP contribution in [0, 0.1) is 17.8 Å². The van der Waals surface area contributed by atoms with E-state index in [0.29, 0.717) is 51.3 Å². The summed E-state index contributed by atoms with van der Waals surface area (Å²) < 4.78 is 65.6. The van der Waals surface area contributed by atoms with E-state index in [2.05, 4.69) is 130 Å². The van der Waals surface area contributed by atoms with Crippen LogP contribution < -0.4 is 39.9 Å². The predicted octanol–water partition coefficient (Wildman–Crippen LogP) is 12.7. The van der Waals surface area contributed by atoms with Gasteiger partial charge in [-0.1, -0.05) is 62.9 Å². The second-order valence-corrected chi connectivity index (χ2v) is 34.5. The number of alkyl halides is 3. The van der Waals surface area contributed by atoms with Crippen LogP contribution in [-0.4, -0.2) is 215 Å². The summed E-state index contributed by atoms with van der Waals surface area (Å²) >= 11 is 22.3. The van der Waals surface area contributed by atoms with E-state index in [1.807, 2.05) is 108 Å². The van der Waals surface area contributed by atoms with E-state index >= 15 is 0 Å². The number of carbonyl (C=O) groups excluding carboxylic acids is 3. The number of aliphatic imine (C=N–C) groups is 2. The number of piperazine rings is 1. The van der Waals surface area contributed by atoms with E-state index in [1.165, 1.54) is 11.8 Å². The average molecular weight is 1690 g/mol. The van der Waals surface area contributed by atoms with Gasteiger partial charge in [0.1, 0.15) is 18.2 Å². The second kappa shape index (κ2) is 32.2. The molecule has 592 valence electrons. The quantitative estimate of drug-likeness (QED) is 0.0701. The van der Waals surface area contributed by atoms with E-state index in [4.69, 9.17) is 34.8 Å². The first-order chi connectivity index (χ1) is 54.4. The number of sulfonamides is 1. The molecular formula is C78H85BrCl3F3N22O5S. The predicted molar refractivity (Wildman–Crippen MR) is 442 cm³/mol. The van der Waals surface area contributed by atoms with Crippen LogP contribution in [0.25, 0.3) is 54.5 Å². The number of nitrogens with zero attached hydrogens (tertiary/aromatic N) is 14. The Labute approximate surface area is 672 Å². The van der Waals surface area contributed by atoms with Gasteiger partial charge in [0.2, 0.25) is 27.7 Å². The average Bonchev–Trinajstić information content (AvgIpc) is 1.64. The van der Waals surface area contributed by atoms with Crippen LogP contribution in [0.15, 0.2) is 130 Å². The summed E-state index contributed by atoms with van der Waals surface area (Å²) in [5.41, 5.74) is 10.4. The summed E-state index contributed by atoms with van der Waals surface area (Å²) in [5, 5.41) is 48.2. The Morgan fingerprint density at radius 3 is 1.38 bits per heavy atom. The number of benzene rings is 6. The monoisotopic (exact) mass is 1680 g/mol. The summed E-state index contributed by atoms with van der Waals surface area (Å²) in [7, 11) is -1.32. The zero-order valence-electron chi connectivity index (χ0n) is 62.2. The molecule has 0 spiro atoms. The number of amides is 3. The van der Waals surface area contributed by atoms with Crippen molar-refractivity contribution < 1.29 is 36.0 Å². The fraction of sp³-hybridized carbons (Fsp3) is 0.410. The van der Waals surface area contributed by atoms with Gasteiger partial charge >= 0.3 is 6.18 Å². The molecule has 6 bridgehead atoms. The number of rotatable bonds is 8. The van der Waals surface area contributed by atoms with Crippen LogP contribution in [0.2, 0.25) is 15.1 Å². The number of amidine groups is 1. The third kappa shape index (κ3) is 16.9. The number of aromatic amines is 5. The number of halogens is 7. The number of H-pyrrole nitrogens is 5. The molecule has 12 aliphatic heterocycles. The molecule has 11 aromatic rings. The molecular weight excluding hydrogens is 1600 g/mol. The minimum Gasteiger partial charge on any atom is -0.371 e. The number of nitrogens with one attached hydrogen (secondary N) is 8. The maximum Gasteiger partial charge on any atom is 0.416 e. The van der Waals surface area contributed by atoms with Crippen molar-refractivity contribution in [3.05, 3.63) is 147 Å². The number of hydrogen-bond donors (Lipinski definition) is 8. The van der Waals surface area contributed by atoms with Crippen LogP contribution in [0.4, 0.5) is 47.3 Å². The number of fused-ring (bicyclic) bond motifs is 17. The fourth-order valence-electron chi connectivity index (χ4n) is 17.3. The van der Waals surface area contributed by atoms with Crippen molar-refractivity contribution in [2.24, 2.45) is 27.7 Å². The van der Waals surface area contributed by atoms with Crippen LogP contribution in [0.3, 0.4) is 0 Å². The first-order valence-corrected chi connectivity index (χ1v) is 41.8. The van der Waals surface area contributed by atoms with Gasteiger partial charge in [0.05, 0.1) is 88.1 Å². The van der Waals surface area contributed by atoms with Crippen molar-refractivity contribution in [1.82, 2.24) is 71.4 Å². The zero-order chi connectivity index (χ0) is 78.6. The van der Waals surface area contributed by atoms with Crippen LogP contribution in [0.5, 0.6) is 0 Å². The number of piperidine rings is 4. The van der Waals surface area contributed by atoms with Gasteiger partial charge in [0, 0.05) is 184 Å². The molecule has 23 rings (SSSR count). The van der Waals surface area contributed by atoms with Crippen LogP contribution in [0.1, 0.15) is 75.3 Å².